The third kappa shape index (κ3) is 9.46. The summed E-state index contributed by atoms with van der Waals surface area (Å²) < 4.78 is 27.7. The van der Waals surface area contributed by atoms with Crippen LogP contribution in [0, 0.1) is 23.7 Å². The number of cyclic esters (lactones) is 1. The normalized spacial score (nSPS) is 22.6. The summed E-state index contributed by atoms with van der Waals surface area (Å²) >= 11 is 0. The van der Waals surface area contributed by atoms with Crippen molar-refractivity contribution < 1.29 is 57.6 Å². The number of anilines is 1. The summed E-state index contributed by atoms with van der Waals surface area (Å²) in [6.07, 6.45) is -1.25. The molecule has 11 rings (SSSR count). The Bertz CT molecular complexity index is 3360. The molecule has 1 spiro atoms. The molecule has 402 valence electrons. The smallest absolute Gasteiger partial charge is 0.329 e. The highest BCUT2D eigenvalue weighted by atomic mass is 16.7. The van der Waals surface area contributed by atoms with Gasteiger partial charge < -0.3 is 39.0 Å². The first-order chi connectivity index (χ1) is 38.4. The Hall–Kier alpha value is -8.98. The lowest BCUT2D eigenvalue weighted by molar-refractivity contribution is -0.179. The molecule has 5 aliphatic rings. The van der Waals surface area contributed by atoms with Crippen LogP contribution in [0.15, 0.2) is 152 Å². The fourth-order valence-electron chi connectivity index (χ4n) is 12.1. The van der Waals surface area contributed by atoms with Crippen LogP contribution in [0.4, 0.5) is 10.5 Å². The van der Waals surface area contributed by atoms with Crippen molar-refractivity contribution in [2.45, 2.75) is 55.6 Å². The highest BCUT2D eigenvalue weighted by molar-refractivity contribution is 6.24. The quantitative estimate of drug-likeness (QED) is 0.0568. The monoisotopic (exact) mass is 1060 g/mol. The number of phenols is 1. The van der Waals surface area contributed by atoms with Crippen molar-refractivity contribution in [1.29, 1.82) is 0 Å². The molecule has 6 aromatic carbocycles. The van der Waals surface area contributed by atoms with E-state index in [1.165, 1.54) is 12.1 Å². The van der Waals surface area contributed by atoms with Gasteiger partial charge in [0.25, 0.3) is 0 Å². The summed E-state index contributed by atoms with van der Waals surface area (Å²) in [7, 11) is 2.31. The van der Waals surface area contributed by atoms with Gasteiger partial charge in [-0.2, -0.15) is 0 Å². The lowest BCUT2D eigenvalue weighted by Gasteiger charge is -2.46. The van der Waals surface area contributed by atoms with E-state index in [1.54, 1.807) is 42.2 Å². The lowest BCUT2D eigenvalue weighted by atomic mass is 9.64. The third-order valence-electron chi connectivity index (χ3n) is 15.8. The van der Waals surface area contributed by atoms with Crippen LogP contribution in [-0.2, 0) is 50.1 Å². The van der Waals surface area contributed by atoms with Gasteiger partial charge in [-0.05, 0) is 82.8 Å². The van der Waals surface area contributed by atoms with E-state index in [4.69, 9.17) is 23.7 Å². The highest BCUT2D eigenvalue weighted by Gasteiger charge is 2.76. The minimum absolute atomic E-state index is 0.0674. The highest BCUT2D eigenvalue weighted by Crippen LogP contribution is 2.66. The van der Waals surface area contributed by atoms with Crippen LogP contribution in [-0.4, -0.2) is 109 Å². The third-order valence-corrected chi connectivity index (χ3v) is 15.8. The first kappa shape index (κ1) is 52.1. The zero-order valence-electron chi connectivity index (χ0n) is 43.7. The molecule has 3 fully saturated rings. The Morgan fingerprint density at radius 3 is 2.05 bits per heavy atom. The average molecular weight is 1060 g/mol. The predicted octanol–water partition coefficient (Wildman–Crippen LogP) is 7.31. The van der Waals surface area contributed by atoms with Crippen molar-refractivity contribution in [1.82, 2.24) is 20.0 Å². The first-order valence-corrected chi connectivity index (χ1v) is 26.2. The van der Waals surface area contributed by atoms with Crippen molar-refractivity contribution in [3.8, 4) is 29.1 Å². The minimum atomic E-state index is -2.11. The van der Waals surface area contributed by atoms with Crippen LogP contribution in [0.2, 0.25) is 0 Å². The summed E-state index contributed by atoms with van der Waals surface area (Å²) in [5.74, 6) is 0.658. The molecular formula is C62H57N5O12. The van der Waals surface area contributed by atoms with Gasteiger partial charge in [-0.25, -0.2) is 9.69 Å². The van der Waals surface area contributed by atoms with Crippen molar-refractivity contribution >= 4 is 41.4 Å². The van der Waals surface area contributed by atoms with Gasteiger partial charge >= 0.3 is 23.9 Å². The van der Waals surface area contributed by atoms with Crippen LogP contribution < -0.4 is 19.7 Å². The van der Waals surface area contributed by atoms with Crippen molar-refractivity contribution in [2.75, 3.05) is 52.1 Å². The molecule has 2 N–H and O–H groups in total. The number of carbonyl (C=O) groups excluding carboxylic acids is 6. The molecule has 79 heavy (non-hydrogen) atoms. The van der Waals surface area contributed by atoms with Crippen molar-refractivity contribution in [3.63, 3.8) is 0 Å². The van der Waals surface area contributed by atoms with E-state index >= 15 is 19.2 Å². The van der Waals surface area contributed by atoms with Gasteiger partial charge in [0.2, 0.25) is 18.6 Å². The van der Waals surface area contributed by atoms with Gasteiger partial charge in [0.1, 0.15) is 23.3 Å². The van der Waals surface area contributed by atoms with E-state index < -0.39 is 83.3 Å². The zero-order chi connectivity index (χ0) is 55.0. The van der Waals surface area contributed by atoms with Gasteiger partial charge in [0.05, 0.1) is 44.0 Å². The fraction of sp³-hybridized carbons (Fsp3) is 0.290. The molecule has 0 aliphatic carbocycles. The number of hydrogen-bond donors (Lipinski definition) is 2. The van der Waals surface area contributed by atoms with Gasteiger partial charge in [0, 0.05) is 44.7 Å². The van der Waals surface area contributed by atoms with E-state index in [9.17, 15) is 14.7 Å². The first-order valence-electron chi connectivity index (χ1n) is 26.2. The topological polar surface area (TPSA) is 194 Å². The zero-order valence-corrected chi connectivity index (χ0v) is 43.7. The van der Waals surface area contributed by atoms with E-state index in [-0.39, 0.29) is 43.3 Å². The largest absolute Gasteiger partial charge is 0.508 e. The Morgan fingerprint density at radius 2 is 1.38 bits per heavy atom. The molecule has 4 amide bonds. The fourth-order valence-corrected chi connectivity index (χ4v) is 12.1. The number of imide groups is 1. The van der Waals surface area contributed by atoms with Gasteiger partial charge in [0.15, 0.2) is 17.4 Å². The van der Waals surface area contributed by atoms with Crippen molar-refractivity contribution in [2.24, 2.45) is 11.8 Å². The SMILES string of the molecule is COC(=O)C(CC#Cc1ccc2c(c1)[C@]1(C(=O)N2C(=O)N[C@H](C)c2ccccc2)[C@H](c2ccc(O)cc2)N2[C@H](c3ccccc3)[C@H](c3ccccc3)OC(=O)[C@H]2[C@@H]1C(=O)N1CCN(Cc2ccc3c(c2)OCO3)CC1)C(=O)OC. The number of piperazine rings is 1. The number of phenolic OH excluding ortho intramolecular Hbond substituents is 1. The summed E-state index contributed by atoms with van der Waals surface area (Å²) in [5, 5.41) is 14.0. The molecule has 0 saturated carbocycles. The van der Waals surface area contributed by atoms with Crippen LogP contribution in [0.3, 0.4) is 0 Å². The number of amides is 4. The number of ether oxygens (including phenoxy) is 5. The lowest BCUT2D eigenvalue weighted by Crippen LogP contribution is -2.59. The maximum absolute atomic E-state index is 16.9. The van der Waals surface area contributed by atoms with Crippen LogP contribution >= 0.6 is 0 Å². The molecule has 0 unspecified atom stereocenters. The number of hydrogen-bond acceptors (Lipinski definition) is 14. The number of fused-ring (bicyclic) bond motifs is 4. The number of aromatic hydroxyl groups is 1. The molecule has 17 nitrogen and oxygen atoms in total. The Balaban J connectivity index is 1.11. The molecular weight excluding hydrogens is 1010 g/mol. The molecule has 5 heterocycles. The number of rotatable bonds is 11. The Kier molecular flexibility index (Phi) is 14.4. The van der Waals surface area contributed by atoms with Gasteiger partial charge in [-0.15, -0.1) is 0 Å². The second kappa shape index (κ2) is 21.8. The molecule has 0 radical (unpaired) electrons. The summed E-state index contributed by atoms with van der Waals surface area (Å²) in [5.41, 5.74) is 2.19. The van der Waals surface area contributed by atoms with E-state index in [2.05, 4.69) is 22.1 Å². The van der Waals surface area contributed by atoms with Crippen LogP contribution in [0.1, 0.15) is 76.5 Å². The number of nitrogens with one attached hydrogen (secondary N) is 1. The molecule has 17 heteroatoms. The van der Waals surface area contributed by atoms with Crippen molar-refractivity contribution in [3.05, 3.63) is 191 Å². The minimum Gasteiger partial charge on any atom is -0.508 e. The number of benzene rings is 6. The van der Waals surface area contributed by atoms with Crippen LogP contribution in [0.25, 0.3) is 0 Å². The average Bonchev–Trinajstić information content (AvgIpc) is 2.20. The summed E-state index contributed by atoms with van der Waals surface area (Å²) in [6, 6.07) is 40.2. The number of carbonyl (C=O) groups is 6. The number of methoxy groups -OCH3 is 2. The van der Waals surface area contributed by atoms with Gasteiger partial charge in [-0.3, -0.25) is 33.8 Å². The summed E-state index contributed by atoms with van der Waals surface area (Å²) in [6.45, 7) is 3.84. The second-order valence-corrected chi connectivity index (χ2v) is 20.2. The van der Waals surface area contributed by atoms with Crippen LogP contribution in [0.5, 0.6) is 17.2 Å². The second-order valence-electron chi connectivity index (χ2n) is 20.2. The number of urea groups is 1. The molecule has 3 saturated heterocycles. The van der Waals surface area contributed by atoms with E-state index in [0.29, 0.717) is 47.8 Å². The summed E-state index contributed by atoms with van der Waals surface area (Å²) in [4.78, 5) is 96.9. The standard InChI is InChI=1S/C62H57N5O12/c1-38(41-15-7-4-8-16-41)63-61(74)66-48-28-22-39(14-13-21-46(57(70)75-2)58(71)76-3)34-47(48)62(60(66)73)51(56(69)65-32-30-64(31-33-65)36-40-23-29-49-50(35-40)78-37-77-49)53-59(72)79-54(43-19-11-6-12-20-43)52(42-17-9-5-10-18-42)67(53)55(62)44-24-26-45(68)27-25-44/h4-12,15-20,22-29,34-35,38,46,51-55,68H,21,30-33,36-37H2,1-3H3,(H,63,74)/t38-,51-,52-,53-,54+,55+,62-/m1/s1. The maximum atomic E-state index is 16.9. The molecule has 5 aliphatic heterocycles. The molecule has 7 atom stereocenters. The predicted molar refractivity (Wildman–Crippen MR) is 287 cm³/mol. The van der Waals surface area contributed by atoms with E-state index in [1.807, 2.05) is 114 Å². The molecule has 0 bridgehead atoms. The number of esters is 3. The number of nitrogens with zero attached hydrogens (tertiary/aromatic N) is 4. The molecule has 0 aromatic heterocycles. The maximum Gasteiger partial charge on any atom is 0.329 e. The van der Waals surface area contributed by atoms with Gasteiger partial charge in [-0.1, -0.05) is 121 Å². The Labute approximate surface area is 456 Å². The molecule has 6 aromatic rings. The Morgan fingerprint density at radius 1 is 0.734 bits per heavy atom. The van der Waals surface area contributed by atoms with E-state index in [0.717, 1.165) is 35.8 Å². The number of morpholine rings is 1.